The second-order valence-electron chi connectivity index (χ2n) is 6.29. The highest BCUT2D eigenvalue weighted by Crippen LogP contribution is 2.22. The van der Waals surface area contributed by atoms with Crippen LogP contribution in [0.2, 0.25) is 0 Å². The molecule has 2 aliphatic heterocycles. The molecule has 2 fully saturated rings. The van der Waals surface area contributed by atoms with E-state index in [2.05, 4.69) is 21.8 Å². The monoisotopic (exact) mass is 319 g/mol. The van der Waals surface area contributed by atoms with Gasteiger partial charge in [-0.1, -0.05) is 13.3 Å². The lowest BCUT2D eigenvalue weighted by atomic mass is 9.99. The quantitative estimate of drug-likeness (QED) is 0.870. The maximum absolute atomic E-state index is 12.6. The highest BCUT2D eigenvalue weighted by atomic mass is 16.5. The van der Waals surface area contributed by atoms with Crippen molar-refractivity contribution in [1.29, 1.82) is 0 Å². The third-order valence-electron chi connectivity index (χ3n) is 4.62. The van der Waals surface area contributed by atoms with Crippen LogP contribution >= 0.6 is 0 Å². The second kappa shape index (κ2) is 7.23. The van der Waals surface area contributed by atoms with Crippen molar-refractivity contribution in [2.45, 2.75) is 25.8 Å². The van der Waals surface area contributed by atoms with E-state index >= 15 is 0 Å². The minimum absolute atomic E-state index is 0.0208. The summed E-state index contributed by atoms with van der Waals surface area (Å²) in [6.07, 6.45) is 5.41. The number of nitrogens with zero attached hydrogens (tertiary/aromatic N) is 4. The molecule has 0 radical (unpaired) electrons. The molecular weight excluding hydrogens is 294 g/mol. The maximum atomic E-state index is 12.6. The first-order valence-electron chi connectivity index (χ1n) is 8.38. The van der Waals surface area contributed by atoms with Gasteiger partial charge in [0.2, 0.25) is 5.95 Å². The van der Waals surface area contributed by atoms with Crippen molar-refractivity contribution in [2.24, 2.45) is 11.7 Å². The van der Waals surface area contributed by atoms with Gasteiger partial charge in [-0.25, -0.2) is 9.97 Å². The van der Waals surface area contributed by atoms with Crippen LogP contribution in [0.5, 0.6) is 0 Å². The SMILES string of the molecule is CCC[C@@H]1CN(C(=O)c2cnc(N3CCOCC3)nc2)C[C@H]1N. The fraction of sp³-hybridized carbons (Fsp3) is 0.688. The molecule has 2 saturated heterocycles. The largest absolute Gasteiger partial charge is 0.378 e. The molecule has 0 bridgehead atoms. The molecule has 7 nitrogen and oxygen atoms in total. The standard InChI is InChI=1S/C16H25N5O2/c1-2-3-12-10-21(11-14(12)17)15(22)13-8-18-16(19-9-13)20-4-6-23-7-5-20/h8-9,12,14H,2-7,10-11,17H2,1H3/t12-,14-/m1/s1. The third-order valence-corrected chi connectivity index (χ3v) is 4.62. The molecule has 0 aliphatic carbocycles. The molecule has 1 aromatic rings. The number of aromatic nitrogens is 2. The zero-order valence-electron chi connectivity index (χ0n) is 13.6. The summed E-state index contributed by atoms with van der Waals surface area (Å²) < 4.78 is 5.32. The van der Waals surface area contributed by atoms with Gasteiger partial charge in [0.25, 0.3) is 5.91 Å². The zero-order valence-corrected chi connectivity index (χ0v) is 13.6. The van der Waals surface area contributed by atoms with Gasteiger partial charge in [0, 0.05) is 44.6 Å². The Bertz CT molecular complexity index is 530. The van der Waals surface area contributed by atoms with E-state index in [-0.39, 0.29) is 11.9 Å². The topological polar surface area (TPSA) is 84.6 Å². The van der Waals surface area contributed by atoms with Gasteiger partial charge in [0.1, 0.15) is 0 Å². The number of ether oxygens (including phenoxy) is 1. The summed E-state index contributed by atoms with van der Waals surface area (Å²) in [6, 6.07) is 0.0763. The van der Waals surface area contributed by atoms with Crippen LogP contribution in [0.25, 0.3) is 0 Å². The first-order chi connectivity index (χ1) is 11.2. The number of likely N-dealkylation sites (tertiary alicyclic amines) is 1. The summed E-state index contributed by atoms with van der Waals surface area (Å²) in [5, 5.41) is 0. The van der Waals surface area contributed by atoms with E-state index in [4.69, 9.17) is 10.5 Å². The van der Waals surface area contributed by atoms with E-state index in [1.807, 2.05) is 4.90 Å². The van der Waals surface area contributed by atoms with Crippen molar-refractivity contribution in [2.75, 3.05) is 44.3 Å². The predicted octanol–water partition coefficient (Wildman–Crippen LogP) is 0.513. The van der Waals surface area contributed by atoms with E-state index < -0.39 is 0 Å². The first kappa shape index (κ1) is 16.1. The van der Waals surface area contributed by atoms with E-state index in [9.17, 15) is 4.79 Å². The lowest BCUT2D eigenvalue weighted by Gasteiger charge is -2.26. The van der Waals surface area contributed by atoms with Gasteiger partial charge in [0.05, 0.1) is 18.8 Å². The molecule has 0 saturated carbocycles. The number of morpholine rings is 1. The van der Waals surface area contributed by atoms with Crippen molar-refractivity contribution < 1.29 is 9.53 Å². The molecule has 1 amide bonds. The Balaban J connectivity index is 1.64. The minimum atomic E-state index is -0.0208. The molecule has 23 heavy (non-hydrogen) atoms. The van der Waals surface area contributed by atoms with Gasteiger partial charge in [-0.15, -0.1) is 0 Å². The van der Waals surface area contributed by atoms with Crippen LogP contribution in [0.3, 0.4) is 0 Å². The lowest BCUT2D eigenvalue weighted by Crippen LogP contribution is -2.37. The van der Waals surface area contributed by atoms with Gasteiger partial charge in [-0.2, -0.15) is 0 Å². The molecule has 0 aromatic carbocycles. The Morgan fingerprint density at radius 1 is 1.30 bits per heavy atom. The fourth-order valence-corrected chi connectivity index (χ4v) is 3.28. The van der Waals surface area contributed by atoms with Crippen molar-refractivity contribution in [3.8, 4) is 0 Å². The van der Waals surface area contributed by atoms with Crippen LogP contribution in [-0.4, -0.2) is 66.2 Å². The van der Waals surface area contributed by atoms with Crippen LogP contribution in [0, 0.1) is 5.92 Å². The molecule has 0 spiro atoms. The number of rotatable bonds is 4. The number of anilines is 1. The highest BCUT2D eigenvalue weighted by molar-refractivity contribution is 5.94. The summed E-state index contributed by atoms with van der Waals surface area (Å²) in [5.41, 5.74) is 6.68. The number of amides is 1. The Morgan fingerprint density at radius 3 is 2.65 bits per heavy atom. The highest BCUT2D eigenvalue weighted by Gasteiger charge is 2.32. The van der Waals surface area contributed by atoms with Crippen LogP contribution in [-0.2, 0) is 4.74 Å². The lowest BCUT2D eigenvalue weighted by molar-refractivity contribution is 0.0784. The summed E-state index contributed by atoms with van der Waals surface area (Å²) >= 11 is 0. The van der Waals surface area contributed by atoms with Gasteiger partial charge < -0.3 is 20.3 Å². The molecular formula is C16H25N5O2. The fourth-order valence-electron chi connectivity index (χ4n) is 3.28. The average molecular weight is 319 g/mol. The Morgan fingerprint density at radius 2 is 2.00 bits per heavy atom. The Kier molecular flexibility index (Phi) is 5.07. The van der Waals surface area contributed by atoms with Crippen molar-refractivity contribution >= 4 is 11.9 Å². The summed E-state index contributed by atoms with van der Waals surface area (Å²) in [7, 11) is 0. The zero-order chi connectivity index (χ0) is 16.2. The van der Waals surface area contributed by atoms with E-state index in [0.29, 0.717) is 37.2 Å². The van der Waals surface area contributed by atoms with Gasteiger partial charge in [0.15, 0.2) is 0 Å². The number of hydrogen-bond acceptors (Lipinski definition) is 6. The molecule has 2 atom stereocenters. The van der Waals surface area contributed by atoms with Gasteiger partial charge in [-0.05, 0) is 12.3 Å². The van der Waals surface area contributed by atoms with Crippen molar-refractivity contribution in [1.82, 2.24) is 14.9 Å². The molecule has 1 aromatic heterocycles. The average Bonchev–Trinajstić information content (AvgIpc) is 2.96. The minimum Gasteiger partial charge on any atom is -0.378 e. The first-order valence-corrected chi connectivity index (χ1v) is 8.38. The molecule has 3 rings (SSSR count). The number of carbonyl (C=O) groups is 1. The summed E-state index contributed by atoms with van der Waals surface area (Å²) in [4.78, 5) is 25.2. The van der Waals surface area contributed by atoms with Crippen LogP contribution in [0.15, 0.2) is 12.4 Å². The number of nitrogens with two attached hydrogens (primary N) is 1. The van der Waals surface area contributed by atoms with Gasteiger partial charge >= 0.3 is 0 Å². The van der Waals surface area contributed by atoms with Crippen molar-refractivity contribution in [3.63, 3.8) is 0 Å². The van der Waals surface area contributed by atoms with E-state index in [0.717, 1.165) is 32.5 Å². The third kappa shape index (κ3) is 3.61. The molecule has 2 N–H and O–H groups in total. The van der Waals surface area contributed by atoms with E-state index in [1.165, 1.54) is 0 Å². The van der Waals surface area contributed by atoms with E-state index in [1.54, 1.807) is 12.4 Å². The molecule has 3 heterocycles. The maximum Gasteiger partial charge on any atom is 0.257 e. The normalized spacial score (nSPS) is 25.0. The molecule has 126 valence electrons. The van der Waals surface area contributed by atoms with Crippen LogP contribution in [0.1, 0.15) is 30.1 Å². The number of carbonyl (C=O) groups excluding carboxylic acids is 1. The number of hydrogen-bond donors (Lipinski definition) is 1. The Hall–Kier alpha value is -1.73. The molecule has 0 unspecified atom stereocenters. The van der Waals surface area contributed by atoms with Crippen molar-refractivity contribution in [3.05, 3.63) is 18.0 Å². The van der Waals surface area contributed by atoms with Crippen LogP contribution < -0.4 is 10.6 Å². The molecule has 7 heteroatoms. The van der Waals surface area contributed by atoms with Crippen LogP contribution in [0.4, 0.5) is 5.95 Å². The summed E-state index contributed by atoms with van der Waals surface area (Å²) in [5.74, 6) is 1.04. The predicted molar refractivity (Wildman–Crippen MR) is 87.3 cm³/mol. The van der Waals surface area contributed by atoms with Gasteiger partial charge in [-0.3, -0.25) is 4.79 Å². The summed E-state index contributed by atoms with van der Waals surface area (Å²) in [6.45, 7) is 6.45. The second-order valence-corrected chi connectivity index (χ2v) is 6.29. The smallest absolute Gasteiger partial charge is 0.257 e. The molecule has 2 aliphatic rings. The Labute approximate surface area is 136 Å².